The normalized spacial score (nSPS) is 10.9. The number of benzene rings is 3. The number of primary amides is 1. The largest absolute Gasteiger partial charge is 0.387 e. The van der Waals surface area contributed by atoms with Crippen LogP contribution in [0.1, 0.15) is 0 Å². The van der Waals surface area contributed by atoms with Crippen molar-refractivity contribution in [1.29, 1.82) is 0 Å². The number of aliphatic hydroxyl groups is 1. The fourth-order valence-electron chi connectivity index (χ4n) is 3.56. The summed E-state index contributed by atoms with van der Waals surface area (Å²) < 4.78 is 57.3. The lowest BCUT2D eigenvalue weighted by Crippen LogP contribution is -2.33. The van der Waals surface area contributed by atoms with E-state index in [4.69, 9.17) is 10.8 Å². The van der Waals surface area contributed by atoms with Gasteiger partial charge in [-0.3, -0.25) is 4.79 Å². The lowest BCUT2D eigenvalue weighted by molar-refractivity contribution is -0.118. The predicted molar refractivity (Wildman–Crippen MR) is 121 cm³/mol. The lowest BCUT2D eigenvalue weighted by atomic mass is 10.0. The van der Waals surface area contributed by atoms with Gasteiger partial charge >= 0.3 is 6.03 Å². The number of fused-ring (bicyclic) bond motifs is 1. The van der Waals surface area contributed by atoms with Gasteiger partial charge in [0, 0.05) is 22.7 Å². The molecule has 4 rings (SSSR count). The number of amides is 3. The summed E-state index contributed by atoms with van der Waals surface area (Å²) in [5.74, 6) is -5.11. The maximum atomic E-state index is 14.7. The number of rotatable bonds is 5. The Bertz CT molecular complexity index is 1460. The van der Waals surface area contributed by atoms with Crippen LogP contribution in [0.25, 0.3) is 22.0 Å². The van der Waals surface area contributed by atoms with Gasteiger partial charge in [0.25, 0.3) is 0 Å². The Kier molecular flexibility index (Phi) is 6.34. The van der Waals surface area contributed by atoms with Crippen LogP contribution in [0.4, 0.5) is 39.5 Å². The van der Waals surface area contributed by atoms with Crippen molar-refractivity contribution in [3.63, 3.8) is 0 Å². The number of carbonyl (C=O) groups is 2. The summed E-state index contributed by atoms with van der Waals surface area (Å²) >= 11 is 0. The summed E-state index contributed by atoms with van der Waals surface area (Å²) in [6, 6.07) is 9.98. The summed E-state index contributed by atoms with van der Waals surface area (Å²) in [6.45, 7) is -0.784. The molecular weight excluding hydrogens is 468 g/mol. The molecule has 0 aliphatic heterocycles. The van der Waals surface area contributed by atoms with Gasteiger partial charge in [-0.15, -0.1) is 0 Å². The Morgan fingerprint density at radius 3 is 2.29 bits per heavy atom. The number of nitrogens with one attached hydrogen (secondary N) is 1. The summed E-state index contributed by atoms with van der Waals surface area (Å²) in [6.07, 6.45) is 0. The monoisotopic (exact) mass is 484 g/mol. The highest BCUT2D eigenvalue weighted by Gasteiger charge is 2.26. The minimum absolute atomic E-state index is 0.0852. The molecule has 35 heavy (non-hydrogen) atoms. The molecule has 4 N–H and O–H groups in total. The van der Waals surface area contributed by atoms with Crippen LogP contribution in [0.3, 0.4) is 0 Å². The third kappa shape index (κ3) is 4.62. The second-order valence-corrected chi connectivity index (χ2v) is 7.34. The zero-order valence-electron chi connectivity index (χ0n) is 17.7. The van der Waals surface area contributed by atoms with Gasteiger partial charge in [0.05, 0.1) is 5.69 Å². The topological polar surface area (TPSA) is 109 Å². The van der Waals surface area contributed by atoms with Gasteiger partial charge in [0.1, 0.15) is 41.4 Å². The van der Waals surface area contributed by atoms with E-state index in [9.17, 15) is 27.2 Å². The number of aromatic nitrogens is 1. The Labute approximate surface area is 195 Å². The first-order valence-corrected chi connectivity index (χ1v) is 10.0. The fourth-order valence-corrected chi connectivity index (χ4v) is 3.56. The highest BCUT2D eigenvalue weighted by Crippen LogP contribution is 2.37. The number of carbonyl (C=O) groups excluding carboxylic acids is 2. The molecule has 0 saturated heterocycles. The minimum atomic E-state index is -1.28. The van der Waals surface area contributed by atoms with E-state index < -0.39 is 47.5 Å². The summed E-state index contributed by atoms with van der Waals surface area (Å²) in [7, 11) is 0. The molecule has 0 bridgehead atoms. The number of halogens is 4. The molecule has 0 unspecified atom stereocenters. The molecule has 11 heteroatoms. The van der Waals surface area contributed by atoms with Gasteiger partial charge in [0.15, 0.2) is 0 Å². The van der Waals surface area contributed by atoms with Crippen LogP contribution in [0.5, 0.6) is 0 Å². The number of nitrogens with zero attached hydrogens (tertiary/aromatic N) is 2. The molecule has 0 aliphatic rings. The zero-order valence-corrected chi connectivity index (χ0v) is 17.7. The average molecular weight is 484 g/mol. The third-order valence-electron chi connectivity index (χ3n) is 5.04. The maximum Gasteiger partial charge on any atom is 0.325 e. The number of anilines is 3. The van der Waals surface area contributed by atoms with E-state index in [1.54, 1.807) is 0 Å². The van der Waals surface area contributed by atoms with Crippen molar-refractivity contribution >= 4 is 39.9 Å². The van der Waals surface area contributed by atoms with Gasteiger partial charge < -0.3 is 16.2 Å². The predicted octanol–water partition coefficient (Wildman–Crippen LogP) is 4.61. The molecule has 3 aromatic carbocycles. The average Bonchev–Trinajstić information content (AvgIpc) is 2.80. The van der Waals surface area contributed by atoms with Crippen molar-refractivity contribution in [1.82, 2.24) is 4.98 Å². The number of hydrogen-bond donors (Lipinski definition) is 3. The molecule has 3 amide bonds. The minimum Gasteiger partial charge on any atom is -0.387 e. The van der Waals surface area contributed by atoms with Crippen LogP contribution < -0.4 is 16.0 Å². The summed E-state index contributed by atoms with van der Waals surface area (Å²) in [5.41, 5.74) is 4.61. The first kappa shape index (κ1) is 23.6. The Morgan fingerprint density at radius 2 is 1.66 bits per heavy atom. The number of urea groups is 1. The number of nitrogens with two attached hydrogens (primary N) is 1. The molecule has 0 radical (unpaired) electrons. The van der Waals surface area contributed by atoms with Gasteiger partial charge in [-0.1, -0.05) is 12.1 Å². The molecule has 7 nitrogen and oxygen atoms in total. The van der Waals surface area contributed by atoms with Crippen molar-refractivity contribution in [2.75, 3.05) is 16.8 Å². The third-order valence-corrected chi connectivity index (χ3v) is 5.04. The Morgan fingerprint density at radius 1 is 0.943 bits per heavy atom. The highest BCUT2D eigenvalue weighted by molar-refractivity contribution is 6.04. The van der Waals surface area contributed by atoms with Crippen molar-refractivity contribution in [2.45, 2.75) is 0 Å². The second kappa shape index (κ2) is 9.39. The molecule has 4 aromatic rings. The molecule has 0 atom stereocenters. The van der Waals surface area contributed by atoms with Crippen molar-refractivity contribution < 1.29 is 32.3 Å². The summed E-state index contributed by atoms with van der Waals surface area (Å²) in [4.78, 5) is 28.6. The zero-order chi connectivity index (χ0) is 25.3. The summed E-state index contributed by atoms with van der Waals surface area (Å²) in [5, 5.41) is 12.0. The van der Waals surface area contributed by atoms with Gasteiger partial charge in [-0.25, -0.2) is 32.2 Å². The molecule has 0 spiro atoms. The maximum absolute atomic E-state index is 14.7. The molecule has 1 heterocycles. The van der Waals surface area contributed by atoms with Crippen LogP contribution in [-0.4, -0.2) is 28.6 Å². The number of hydrogen-bond acceptors (Lipinski definition) is 4. The number of pyridine rings is 1. The van der Waals surface area contributed by atoms with Gasteiger partial charge in [0.2, 0.25) is 5.91 Å². The van der Waals surface area contributed by atoms with Gasteiger partial charge in [-0.2, -0.15) is 0 Å². The quantitative estimate of drug-likeness (QED) is 0.360. The number of para-hydroxylation sites is 1. The van der Waals surface area contributed by atoms with Crippen LogP contribution in [0.2, 0.25) is 0 Å². The second-order valence-electron chi connectivity index (χ2n) is 7.34. The molecule has 1 aromatic heterocycles. The van der Waals surface area contributed by atoms with E-state index in [-0.39, 0.29) is 28.1 Å². The smallest absolute Gasteiger partial charge is 0.325 e. The number of aliphatic hydroxyl groups excluding tert-OH is 1. The fraction of sp³-hybridized carbons (Fsp3) is 0.0417. The molecule has 0 saturated carbocycles. The van der Waals surface area contributed by atoms with Crippen LogP contribution in [0, 0.1) is 23.3 Å². The lowest BCUT2D eigenvalue weighted by Gasteiger charge is -2.22. The van der Waals surface area contributed by atoms with E-state index >= 15 is 0 Å². The molecular formula is C24H16F4N4O3. The first-order valence-electron chi connectivity index (χ1n) is 10.0. The SMILES string of the molecule is NC(=O)N(c1cc2cc(NC(=O)CO)ccc2c(-c2ccc(F)cc2F)n1)c1c(F)cccc1F. The van der Waals surface area contributed by atoms with E-state index in [1.807, 2.05) is 0 Å². The van der Waals surface area contributed by atoms with Crippen molar-refractivity contribution in [3.8, 4) is 11.3 Å². The van der Waals surface area contributed by atoms with E-state index in [2.05, 4.69) is 10.3 Å². The Balaban J connectivity index is 2.02. The highest BCUT2D eigenvalue weighted by atomic mass is 19.1. The van der Waals surface area contributed by atoms with E-state index in [0.717, 1.165) is 30.3 Å². The Hall–Kier alpha value is -4.51. The van der Waals surface area contributed by atoms with Gasteiger partial charge in [-0.05, 0) is 47.9 Å². The van der Waals surface area contributed by atoms with Crippen molar-refractivity contribution in [2.24, 2.45) is 5.73 Å². The van der Waals surface area contributed by atoms with E-state index in [1.165, 1.54) is 24.3 Å². The molecule has 0 fully saturated rings. The first-order chi connectivity index (χ1) is 16.7. The van der Waals surface area contributed by atoms with Crippen LogP contribution in [0.15, 0.2) is 60.7 Å². The van der Waals surface area contributed by atoms with Crippen molar-refractivity contribution in [3.05, 3.63) is 83.9 Å². The molecule has 178 valence electrons. The molecule has 0 aliphatic carbocycles. The van der Waals surface area contributed by atoms with Crippen LogP contribution >= 0.6 is 0 Å². The van der Waals surface area contributed by atoms with Crippen LogP contribution in [-0.2, 0) is 4.79 Å². The standard InChI is InChI=1S/C24H16F4N4O3/c25-13-4-6-16(19(28)10-13)22-15-7-5-14(30-21(34)11-33)8-12(15)9-20(31-22)32(24(29)35)23-17(26)2-1-3-18(23)27/h1-10,33H,11H2,(H2,29,35)(H,30,34). The van der Waals surface area contributed by atoms with E-state index in [0.29, 0.717) is 16.4 Å².